The fraction of sp³-hybridized carbons (Fsp3) is 0.0714. The van der Waals surface area contributed by atoms with E-state index in [-0.39, 0.29) is 11.3 Å². The Labute approximate surface area is 119 Å². The van der Waals surface area contributed by atoms with Gasteiger partial charge in [-0.2, -0.15) is 5.26 Å². The van der Waals surface area contributed by atoms with E-state index in [1.54, 1.807) is 0 Å². The van der Waals surface area contributed by atoms with Gasteiger partial charge in [-0.05, 0) is 19.1 Å². The van der Waals surface area contributed by atoms with Crippen molar-refractivity contribution in [3.05, 3.63) is 58.4 Å². The topological polar surface area (TPSA) is 100 Å². The molecule has 0 fully saturated rings. The Morgan fingerprint density at radius 3 is 2.90 bits per heavy atom. The molecule has 0 amide bonds. The smallest absolute Gasteiger partial charge is 0.251 e. The van der Waals surface area contributed by atoms with Gasteiger partial charge in [0.15, 0.2) is 5.69 Å². The Balaban J connectivity index is 2.22. The quantitative estimate of drug-likeness (QED) is 0.759. The Hall–Kier alpha value is -3.27. The van der Waals surface area contributed by atoms with Gasteiger partial charge in [-0.25, -0.2) is 9.67 Å². The minimum absolute atomic E-state index is 0.223. The predicted octanol–water partition coefficient (Wildman–Crippen LogP) is 1.20. The largest absolute Gasteiger partial charge is 0.313 e. The molecule has 0 atom stereocenters. The minimum Gasteiger partial charge on any atom is -0.313 e. The van der Waals surface area contributed by atoms with Gasteiger partial charge in [-0.3, -0.25) is 4.79 Å². The van der Waals surface area contributed by atoms with Crippen LogP contribution in [-0.4, -0.2) is 25.0 Å². The minimum atomic E-state index is -0.233. The van der Waals surface area contributed by atoms with E-state index in [0.717, 1.165) is 11.1 Å². The number of hydrogen-bond acceptors (Lipinski definition) is 5. The maximum absolute atomic E-state index is 11.5. The number of nitriles is 1. The molecule has 0 aliphatic carbocycles. The number of nitrogens with zero attached hydrogens (tertiary/aromatic N) is 5. The molecule has 2 aromatic heterocycles. The molecular formula is C14H10N6O. The summed E-state index contributed by atoms with van der Waals surface area (Å²) in [6.45, 7) is 1.95. The summed E-state index contributed by atoms with van der Waals surface area (Å²) in [5, 5.41) is 16.5. The fourth-order valence-electron chi connectivity index (χ4n) is 2.00. The molecule has 3 rings (SSSR count). The lowest BCUT2D eigenvalue weighted by molar-refractivity contribution is 0.802. The maximum Gasteiger partial charge on any atom is 0.251 e. The van der Waals surface area contributed by atoms with Crippen molar-refractivity contribution >= 4 is 0 Å². The van der Waals surface area contributed by atoms with Crippen molar-refractivity contribution in [3.8, 4) is 23.0 Å². The van der Waals surface area contributed by atoms with Crippen LogP contribution in [0, 0.1) is 18.3 Å². The lowest BCUT2D eigenvalue weighted by Gasteiger charge is -2.09. The third-order valence-electron chi connectivity index (χ3n) is 2.96. The van der Waals surface area contributed by atoms with Crippen molar-refractivity contribution < 1.29 is 0 Å². The average Bonchev–Trinajstić information content (AvgIpc) is 2.96. The molecule has 102 valence electrons. The first-order valence-corrected chi connectivity index (χ1v) is 6.16. The van der Waals surface area contributed by atoms with Crippen LogP contribution in [-0.2, 0) is 0 Å². The second-order valence-corrected chi connectivity index (χ2v) is 4.48. The van der Waals surface area contributed by atoms with Crippen molar-refractivity contribution in [1.29, 1.82) is 5.26 Å². The molecule has 0 aliphatic heterocycles. The highest BCUT2D eigenvalue weighted by molar-refractivity contribution is 5.70. The lowest BCUT2D eigenvalue weighted by Crippen LogP contribution is -2.06. The van der Waals surface area contributed by atoms with Crippen molar-refractivity contribution in [2.75, 3.05) is 0 Å². The molecule has 0 spiro atoms. The Bertz CT molecular complexity index is 902. The van der Waals surface area contributed by atoms with Gasteiger partial charge in [0, 0.05) is 11.6 Å². The van der Waals surface area contributed by atoms with E-state index in [9.17, 15) is 4.79 Å². The number of nitrogens with one attached hydrogen (secondary N) is 1. The van der Waals surface area contributed by atoms with E-state index in [4.69, 9.17) is 5.26 Å². The first kappa shape index (κ1) is 12.7. The zero-order valence-electron chi connectivity index (χ0n) is 11.1. The predicted molar refractivity (Wildman–Crippen MR) is 74.7 cm³/mol. The highest BCUT2D eigenvalue weighted by Gasteiger charge is 2.11. The van der Waals surface area contributed by atoms with Crippen LogP contribution in [0.1, 0.15) is 11.3 Å². The molecule has 21 heavy (non-hydrogen) atoms. The van der Waals surface area contributed by atoms with E-state index in [1.165, 1.54) is 23.3 Å². The summed E-state index contributed by atoms with van der Waals surface area (Å²) in [6.07, 6.45) is 2.88. The number of benzene rings is 1. The number of H-pyrrole nitrogens is 1. The van der Waals surface area contributed by atoms with E-state index in [0.29, 0.717) is 11.4 Å². The molecule has 0 saturated heterocycles. The van der Waals surface area contributed by atoms with Crippen LogP contribution in [0.25, 0.3) is 16.9 Å². The number of aryl methyl sites for hydroxylation is 1. The van der Waals surface area contributed by atoms with Gasteiger partial charge >= 0.3 is 0 Å². The van der Waals surface area contributed by atoms with E-state index < -0.39 is 0 Å². The molecule has 7 nitrogen and oxygen atoms in total. The molecule has 1 N–H and O–H groups in total. The van der Waals surface area contributed by atoms with Crippen molar-refractivity contribution in [2.45, 2.75) is 6.92 Å². The van der Waals surface area contributed by atoms with Crippen LogP contribution in [0.3, 0.4) is 0 Å². The summed E-state index contributed by atoms with van der Waals surface area (Å²) in [4.78, 5) is 18.1. The molecule has 3 aromatic rings. The summed E-state index contributed by atoms with van der Waals surface area (Å²) in [6, 6.07) is 9.02. The first-order valence-electron chi connectivity index (χ1n) is 6.16. The molecule has 0 unspecified atom stereocenters. The van der Waals surface area contributed by atoms with Crippen molar-refractivity contribution in [1.82, 2.24) is 25.0 Å². The number of aromatic amines is 1. The van der Waals surface area contributed by atoms with Crippen LogP contribution < -0.4 is 5.56 Å². The monoisotopic (exact) mass is 278 g/mol. The summed E-state index contributed by atoms with van der Waals surface area (Å²) in [5.41, 5.74) is 3.00. The van der Waals surface area contributed by atoms with Gasteiger partial charge < -0.3 is 4.98 Å². The molecule has 7 heteroatoms. The van der Waals surface area contributed by atoms with E-state index in [1.807, 2.05) is 31.2 Å². The SMILES string of the molecule is Cc1ccc(-n2cc(C#N)nn2)c(-c2cc(=O)[nH]cn2)c1. The third kappa shape index (κ3) is 2.42. The first-order chi connectivity index (χ1) is 10.2. The number of aromatic nitrogens is 5. The van der Waals surface area contributed by atoms with Crippen LogP contribution in [0.5, 0.6) is 0 Å². The summed E-state index contributed by atoms with van der Waals surface area (Å²) in [5.74, 6) is 0. The summed E-state index contributed by atoms with van der Waals surface area (Å²) in [7, 11) is 0. The Morgan fingerprint density at radius 2 is 2.19 bits per heavy atom. The Morgan fingerprint density at radius 1 is 1.33 bits per heavy atom. The molecule has 0 aliphatic rings. The number of rotatable bonds is 2. The highest BCUT2D eigenvalue weighted by atomic mass is 16.1. The molecule has 1 aromatic carbocycles. The maximum atomic E-state index is 11.5. The molecule has 0 radical (unpaired) electrons. The fourth-order valence-corrected chi connectivity index (χ4v) is 2.00. The van der Waals surface area contributed by atoms with Crippen LogP contribution in [0.15, 0.2) is 41.6 Å². The van der Waals surface area contributed by atoms with Gasteiger partial charge in [0.05, 0.1) is 23.9 Å². The van der Waals surface area contributed by atoms with Gasteiger partial charge in [0.1, 0.15) is 6.07 Å². The van der Waals surface area contributed by atoms with Crippen LogP contribution in [0.4, 0.5) is 0 Å². The van der Waals surface area contributed by atoms with Crippen molar-refractivity contribution in [2.24, 2.45) is 0 Å². The van der Waals surface area contributed by atoms with Crippen LogP contribution >= 0.6 is 0 Å². The van der Waals surface area contributed by atoms with Gasteiger partial charge in [0.25, 0.3) is 5.56 Å². The van der Waals surface area contributed by atoms with Gasteiger partial charge in [-0.1, -0.05) is 16.8 Å². The van der Waals surface area contributed by atoms with Crippen LogP contribution in [0.2, 0.25) is 0 Å². The standard InChI is InChI=1S/C14H10N6O/c1-9-2-3-13(20-7-10(6-15)18-19-20)11(4-9)12-5-14(21)17-8-16-12/h2-5,7-8H,1H3,(H,16,17,21). The molecule has 2 heterocycles. The molecule has 0 saturated carbocycles. The van der Waals surface area contributed by atoms with E-state index >= 15 is 0 Å². The van der Waals surface area contributed by atoms with E-state index in [2.05, 4.69) is 20.3 Å². The number of hydrogen-bond donors (Lipinski definition) is 1. The second kappa shape index (κ2) is 5.02. The highest BCUT2D eigenvalue weighted by Crippen LogP contribution is 2.25. The average molecular weight is 278 g/mol. The Kier molecular flexibility index (Phi) is 3.04. The second-order valence-electron chi connectivity index (χ2n) is 4.48. The normalized spacial score (nSPS) is 10.3. The zero-order chi connectivity index (χ0) is 14.8. The molecule has 0 bridgehead atoms. The summed E-state index contributed by atoms with van der Waals surface area (Å²) >= 11 is 0. The molecular weight excluding hydrogens is 268 g/mol. The third-order valence-corrected chi connectivity index (χ3v) is 2.96. The zero-order valence-corrected chi connectivity index (χ0v) is 11.1. The lowest BCUT2D eigenvalue weighted by atomic mass is 10.1. The van der Waals surface area contributed by atoms with Gasteiger partial charge in [-0.15, -0.1) is 5.10 Å². The van der Waals surface area contributed by atoms with Crippen molar-refractivity contribution in [3.63, 3.8) is 0 Å². The van der Waals surface area contributed by atoms with Gasteiger partial charge in [0.2, 0.25) is 0 Å². The summed E-state index contributed by atoms with van der Waals surface area (Å²) < 4.78 is 1.50.